The van der Waals surface area contributed by atoms with E-state index in [-0.39, 0.29) is 0 Å². The summed E-state index contributed by atoms with van der Waals surface area (Å²) >= 11 is 0. The van der Waals surface area contributed by atoms with E-state index in [2.05, 4.69) is 39.3 Å². The van der Waals surface area contributed by atoms with Crippen molar-refractivity contribution in [3.05, 3.63) is 21.5 Å². The van der Waals surface area contributed by atoms with Gasteiger partial charge in [-0.2, -0.15) is 0 Å². The highest BCUT2D eigenvalue weighted by molar-refractivity contribution is 6.85. The van der Waals surface area contributed by atoms with Gasteiger partial charge in [0, 0.05) is 0 Å². The average molecular weight is 222 g/mol. The van der Waals surface area contributed by atoms with Gasteiger partial charge < -0.3 is 0 Å². The minimum atomic E-state index is -0.937. The van der Waals surface area contributed by atoms with Crippen LogP contribution in [0.15, 0.2) is 21.5 Å². The van der Waals surface area contributed by atoms with E-state index in [1.54, 1.807) is 11.1 Å². The van der Waals surface area contributed by atoms with Crippen LogP contribution in [0.5, 0.6) is 0 Å². The molecule has 14 heavy (non-hydrogen) atoms. The molecule has 0 amide bonds. The summed E-state index contributed by atoms with van der Waals surface area (Å²) < 4.78 is 0. The lowest BCUT2D eigenvalue weighted by Gasteiger charge is -2.09. The van der Waals surface area contributed by atoms with Gasteiger partial charge in [-0.15, -0.1) is 0 Å². The van der Waals surface area contributed by atoms with E-state index in [1.807, 2.05) is 10.4 Å². The summed E-state index contributed by atoms with van der Waals surface area (Å²) in [5.74, 6) is 0. The average Bonchev–Trinajstić information content (AvgIpc) is 2.76. The Balaban J connectivity index is 2.18. The highest BCUT2D eigenvalue weighted by Gasteiger charge is 2.42. The number of allylic oxidation sites excluding steroid dienone is 4. The Morgan fingerprint density at radius 1 is 0.643 bits per heavy atom. The highest BCUT2D eigenvalue weighted by Crippen LogP contribution is 2.53. The van der Waals surface area contributed by atoms with Crippen molar-refractivity contribution in [2.45, 2.75) is 52.1 Å². The van der Waals surface area contributed by atoms with E-state index in [4.69, 9.17) is 0 Å². The van der Waals surface area contributed by atoms with Gasteiger partial charge in [-0.1, -0.05) is 49.7 Å². The number of rotatable bonds is 3. The van der Waals surface area contributed by atoms with Crippen molar-refractivity contribution in [1.29, 1.82) is 0 Å². The Morgan fingerprint density at radius 3 is 1.07 bits per heavy atom. The van der Waals surface area contributed by atoms with Crippen molar-refractivity contribution in [2.75, 3.05) is 0 Å². The summed E-state index contributed by atoms with van der Waals surface area (Å²) in [7, 11) is -1.87. The van der Waals surface area contributed by atoms with Crippen LogP contribution in [0.4, 0.5) is 0 Å². The van der Waals surface area contributed by atoms with Gasteiger partial charge in [0.1, 0.15) is 0 Å². The second-order valence-corrected chi connectivity index (χ2v) is 17.0. The molecule has 0 saturated heterocycles. The van der Waals surface area contributed by atoms with Gasteiger partial charge in [-0.05, 0) is 24.0 Å². The first-order valence-corrected chi connectivity index (χ1v) is 12.7. The van der Waals surface area contributed by atoms with Crippen LogP contribution in [0.3, 0.4) is 0 Å². The fourth-order valence-corrected chi connectivity index (χ4v) is 5.81. The van der Waals surface area contributed by atoms with Gasteiger partial charge in [-0.25, -0.2) is 0 Å². The normalized spacial score (nSPS) is 21.9. The zero-order valence-electron chi connectivity index (χ0n) is 10.4. The first kappa shape index (κ1) is 10.4. The molecule has 78 valence electrons. The second-order valence-electron chi connectivity index (χ2n) is 6.77. The summed E-state index contributed by atoms with van der Waals surface area (Å²) in [4.78, 5) is 0. The lowest BCUT2D eigenvalue weighted by atomic mass is 10.4. The Labute approximate surface area is 90.1 Å². The molecular weight excluding hydrogens is 200 g/mol. The van der Waals surface area contributed by atoms with E-state index in [1.165, 1.54) is 12.8 Å². The fraction of sp³-hybridized carbons (Fsp3) is 0.667. The molecule has 0 aromatic heterocycles. The predicted molar refractivity (Wildman–Crippen MR) is 70.0 cm³/mol. The SMILES string of the molecule is C[Si](C)(C)C1=C(C2=C([Si](C)(C)C)C2)C1. The molecule has 0 spiro atoms. The molecule has 0 heterocycles. The molecule has 0 aromatic rings. The molecule has 0 radical (unpaired) electrons. The van der Waals surface area contributed by atoms with Crippen molar-refractivity contribution in [1.82, 2.24) is 0 Å². The van der Waals surface area contributed by atoms with Crippen molar-refractivity contribution in [3.8, 4) is 0 Å². The molecule has 0 N–H and O–H groups in total. The standard InChI is InChI=1S/C12H22Si2/c1-13(2,3)11-7-9(11)10-8-12(10)14(4,5)6/h7-8H2,1-6H3. The summed E-state index contributed by atoms with van der Waals surface area (Å²) in [5, 5.41) is 3.72. The number of hydrogen-bond donors (Lipinski definition) is 0. The maximum atomic E-state index is 2.48. The van der Waals surface area contributed by atoms with E-state index in [0.717, 1.165) is 0 Å². The maximum Gasteiger partial charge on any atom is 0.0732 e. The zero-order chi connectivity index (χ0) is 10.7. The van der Waals surface area contributed by atoms with Crippen LogP contribution in [-0.4, -0.2) is 16.1 Å². The fourth-order valence-electron chi connectivity index (χ4n) is 2.28. The smallest absolute Gasteiger partial charge is 0.0731 e. The van der Waals surface area contributed by atoms with Gasteiger partial charge in [0.05, 0.1) is 16.1 Å². The Kier molecular flexibility index (Phi) is 2.03. The monoisotopic (exact) mass is 222 g/mol. The third-order valence-electron chi connectivity index (χ3n) is 3.36. The van der Waals surface area contributed by atoms with Crippen LogP contribution in [0, 0.1) is 0 Å². The van der Waals surface area contributed by atoms with Crippen LogP contribution in [-0.2, 0) is 0 Å². The molecule has 2 heteroatoms. The van der Waals surface area contributed by atoms with Crippen LogP contribution in [0.1, 0.15) is 12.8 Å². The van der Waals surface area contributed by atoms with Crippen molar-refractivity contribution >= 4 is 16.1 Å². The molecule has 2 aliphatic carbocycles. The van der Waals surface area contributed by atoms with Gasteiger partial charge in [0.2, 0.25) is 0 Å². The van der Waals surface area contributed by atoms with Gasteiger partial charge in [-0.3, -0.25) is 0 Å². The molecule has 0 atom stereocenters. The first-order chi connectivity index (χ1) is 6.21. The molecule has 0 saturated carbocycles. The minimum Gasteiger partial charge on any atom is -0.0731 e. The molecular formula is C12H22Si2. The van der Waals surface area contributed by atoms with Crippen LogP contribution in [0.2, 0.25) is 39.3 Å². The van der Waals surface area contributed by atoms with Crippen molar-refractivity contribution in [3.63, 3.8) is 0 Å². The molecule has 0 nitrogen and oxygen atoms in total. The molecule has 0 fully saturated rings. The predicted octanol–water partition coefficient (Wildman–Crippen LogP) is 4.14. The van der Waals surface area contributed by atoms with E-state index < -0.39 is 16.1 Å². The highest BCUT2D eigenvalue weighted by atomic mass is 28.3. The van der Waals surface area contributed by atoms with E-state index in [9.17, 15) is 0 Å². The topological polar surface area (TPSA) is 0 Å². The summed E-state index contributed by atoms with van der Waals surface area (Å²) in [6, 6.07) is 0. The third-order valence-corrected chi connectivity index (χ3v) is 7.94. The number of hydrogen-bond acceptors (Lipinski definition) is 0. The lowest BCUT2D eigenvalue weighted by Crippen LogP contribution is -2.18. The summed E-state index contributed by atoms with van der Waals surface area (Å²) in [6.07, 6.45) is 2.75. The second kappa shape index (κ2) is 2.73. The van der Waals surface area contributed by atoms with Crippen LogP contribution < -0.4 is 0 Å². The molecule has 0 unspecified atom stereocenters. The van der Waals surface area contributed by atoms with E-state index >= 15 is 0 Å². The molecule has 0 aromatic carbocycles. The Bertz CT molecular complexity index is 309. The molecule has 2 aliphatic rings. The first-order valence-electron chi connectivity index (χ1n) is 5.66. The van der Waals surface area contributed by atoms with Crippen molar-refractivity contribution < 1.29 is 0 Å². The third kappa shape index (κ3) is 1.82. The lowest BCUT2D eigenvalue weighted by molar-refractivity contribution is 1.45. The summed E-state index contributed by atoms with van der Waals surface area (Å²) in [5.41, 5.74) is 3.59. The molecule has 0 bridgehead atoms. The molecule has 2 rings (SSSR count). The zero-order valence-corrected chi connectivity index (χ0v) is 12.4. The van der Waals surface area contributed by atoms with E-state index in [0.29, 0.717) is 0 Å². The van der Waals surface area contributed by atoms with Crippen LogP contribution in [0.25, 0.3) is 0 Å². The van der Waals surface area contributed by atoms with Gasteiger partial charge in [0.15, 0.2) is 0 Å². The largest absolute Gasteiger partial charge is 0.0732 e. The Morgan fingerprint density at radius 2 is 0.929 bits per heavy atom. The van der Waals surface area contributed by atoms with Crippen molar-refractivity contribution in [2.24, 2.45) is 0 Å². The minimum absolute atomic E-state index is 0.937. The van der Waals surface area contributed by atoms with Gasteiger partial charge >= 0.3 is 0 Å². The quantitative estimate of drug-likeness (QED) is 0.630. The van der Waals surface area contributed by atoms with Gasteiger partial charge in [0.25, 0.3) is 0 Å². The Hall–Kier alpha value is -0.0862. The summed E-state index contributed by atoms with van der Waals surface area (Å²) in [6.45, 7) is 14.9. The molecule has 0 aliphatic heterocycles. The van der Waals surface area contributed by atoms with Crippen LogP contribution >= 0.6 is 0 Å². The maximum absolute atomic E-state index is 2.48.